The summed E-state index contributed by atoms with van der Waals surface area (Å²) in [5, 5.41) is 9.38. The zero-order chi connectivity index (χ0) is 10.0. The molecular formula is C9H12O3S. The summed E-state index contributed by atoms with van der Waals surface area (Å²) in [6.07, 6.45) is 0. The van der Waals surface area contributed by atoms with E-state index < -0.39 is 11.1 Å². The summed E-state index contributed by atoms with van der Waals surface area (Å²) in [4.78, 5) is 0.519. The van der Waals surface area contributed by atoms with Gasteiger partial charge in [0, 0.05) is 0 Å². The van der Waals surface area contributed by atoms with Crippen LogP contribution in [0.3, 0.4) is 0 Å². The van der Waals surface area contributed by atoms with Crippen LogP contribution < -0.4 is 0 Å². The van der Waals surface area contributed by atoms with Crippen LogP contribution in [-0.4, -0.2) is 16.4 Å². The minimum atomic E-state index is -1.48. The summed E-state index contributed by atoms with van der Waals surface area (Å²) in [6, 6.07) is 3.26. The van der Waals surface area contributed by atoms with Gasteiger partial charge in [-0.3, -0.25) is 4.18 Å². The molecule has 0 saturated heterocycles. The minimum Gasteiger partial charge on any atom is -0.508 e. The first-order valence-corrected chi connectivity index (χ1v) is 4.90. The van der Waals surface area contributed by atoms with Crippen LogP contribution in [0.2, 0.25) is 0 Å². The number of aromatic hydroxyl groups is 1. The van der Waals surface area contributed by atoms with E-state index in [4.69, 9.17) is 0 Å². The Labute approximate surface area is 80.0 Å². The number of hydrogen-bond donors (Lipinski definition) is 1. The van der Waals surface area contributed by atoms with E-state index in [2.05, 4.69) is 4.18 Å². The molecule has 0 aliphatic rings. The molecule has 1 aromatic rings. The van der Waals surface area contributed by atoms with Crippen LogP contribution in [0.5, 0.6) is 5.75 Å². The number of rotatable bonds is 2. The van der Waals surface area contributed by atoms with Crippen molar-refractivity contribution in [3.05, 3.63) is 23.3 Å². The van der Waals surface area contributed by atoms with Gasteiger partial charge in [-0.05, 0) is 31.0 Å². The average molecular weight is 200 g/mol. The van der Waals surface area contributed by atoms with E-state index in [0.717, 1.165) is 11.1 Å². The number of phenolic OH excluding ortho intramolecular Hbond substituents is 1. The zero-order valence-corrected chi connectivity index (χ0v) is 8.64. The van der Waals surface area contributed by atoms with Gasteiger partial charge in [-0.15, -0.1) is 0 Å². The molecule has 1 rings (SSSR count). The lowest BCUT2D eigenvalue weighted by molar-refractivity contribution is 0.442. The fourth-order valence-corrected chi connectivity index (χ4v) is 1.80. The third kappa shape index (κ3) is 2.08. The minimum absolute atomic E-state index is 0.144. The Hall–Kier alpha value is -0.870. The lowest BCUT2D eigenvalue weighted by Crippen LogP contribution is -1.96. The van der Waals surface area contributed by atoms with Crippen molar-refractivity contribution in [1.82, 2.24) is 0 Å². The van der Waals surface area contributed by atoms with Crippen molar-refractivity contribution in [3.8, 4) is 5.75 Å². The standard InChI is InChI=1S/C9H12O3S/c1-6-4-7(2)9(5-8(6)10)13(11)12-3/h4-5,10H,1-3H3. The predicted molar refractivity (Wildman–Crippen MR) is 51.0 cm³/mol. The van der Waals surface area contributed by atoms with Gasteiger partial charge in [0.05, 0.1) is 12.0 Å². The van der Waals surface area contributed by atoms with Crippen LogP contribution in [0, 0.1) is 13.8 Å². The van der Waals surface area contributed by atoms with Crippen LogP contribution in [0.25, 0.3) is 0 Å². The van der Waals surface area contributed by atoms with Crippen LogP contribution in [0.4, 0.5) is 0 Å². The molecule has 0 fully saturated rings. The quantitative estimate of drug-likeness (QED) is 0.790. The van der Waals surface area contributed by atoms with Crippen molar-refractivity contribution in [2.45, 2.75) is 18.7 Å². The summed E-state index contributed by atoms with van der Waals surface area (Å²) < 4.78 is 15.9. The SMILES string of the molecule is COS(=O)c1cc(O)c(C)cc1C. The van der Waals surface area contributed by atoms with Gasteiger partial charge in [-0.1, -0.05) is 6.07 Å². The molecule has 1 unspecified atom stereocenters. The first kappa shape index (κ1) is 10.2. The monoisotopic (exact) mass is 200 g/mol. The van der Waals surface area contributed by atoms with Crippen molar-refractivity contribution in [2.75, 3.05) is 7.11 Å². The van der Waals surface area contributed by atoms with Crippen molar-refractivity contribution in [1.29, 1.82) is 0 Å². The van der Waals surface area contributed by atoms with Crippen molar-refractivity contribution >= 4 is 11.1 Å². The fourth-order valence-electron chi connectivity index (χ4n) is 1.09. The summed E-state index contributed by atoms with van der Waals surface area (Å²) in [5.41, 5.74) is 1.63. The molecule has 0 heterocycles. The molecule has 0 bridgehead atoms. The first-order chi connectivity index (χ1) is 6.06. The van der Waals surface area contributed by atoms with E-state index in [1.807, 2.05) is 6.92 Å². The van der Waals surface area contributed by atoms with E-state index in [-0.39, 0.29) is 5.75 Å². The summed E-state index contributed by atoms with van der Waals surface area (Å²) in [5.74, 6) is 0.144. The van der Waals surface area contributed by atoms with Gasteiger partial charge in [0.25, 0.3) is 0 Å². The van der Waals surface area contributed by atoms with Gasteiger partial charge in [0.1, 0.15) is 5.75 Å². The molecule has 0 radical (unpaired) electrons. The smallest absolute Gasteiger partial charge is 0.189 e. The Morgan fingerprint density at radius 2 is 1.92 bits per heavy atom. The highest BCUT2D eigenvalue weighted by Crippen LogP contribution is 2.23. The molecule has 1 atom stereocenters. The lowest BCUT2D eigenvalue weighted by Gasteiger charge is -2.06. The van der Waals surface area contributed by atoms with Gasteiger partial charge < -0.3 is 5.11 Å². The molecule has 0 aliphatic heterocycles. The molecule has 1 N–H and O–H groups in total. The molecule has 0 saturated carbocycles. The van der Waals surface area contributed by atoms with Crippen LogP contribution >= 0.6 is 0 Å². The maximum atomic E-state index is 11.3. The number of aryl methyl sites for hydroxylation is 2. The second-order valence-electron chi connectivity index (χ2n) is 2.81. The Balaban J connectivity index is 3.23. The third-order valence-electron chi connectivity index (χ3n) is 1.82. The molecule has 72 valence electrons. The Bertz CT molecular complexity index is 347. The predicted octanol–water partition coefficient (Wildman–Crippen LogP) is 1.68. The number of hydrogen-bond acceptors (Lipinski definition) is 3. The second kappa shape index (κ2) is 3.89. The first-order valence-electron chi connectivity index (χ1n) is 3.82. The summed E-state index contributed by atoms with van der Waals surface area (Å²) >= 11 is -1.48. The zero-order valence-electron chi connectivity index (χ0n) is 7.83. The van der Waals surface area contributed by atoms with E-state index in [1.165, 1.54) is 13.2 Å². The Morgan fingerprint density at radius 3 is 2.46 bits per heavy atom. The van der Waals surface area contributed by atoms with Crippen molar-refractivity contribution in [3.63, 3.8) is 0 Å². The summed E-state index contributed by atoms with van der Waals surface area (Å²) in [7, 11) is 1.37. The molecular weight excluding hydrogens is 188 g/mol. The van der Waals surface area contributed by atoms with Gasteiger partial charge in [0.15, 0.2) is 11.1 Å². The van der Waals surface area contributed by atoms with Crippen molar-refractivity contribution in [2.24, 2.45) is 0 Å². The molecule has 0 amide bonds. The van der Waals surface area contributed by atoms with Gasteiger partial charge in [0.2, 0.25) is 0 Å². The maximum Gasteiger partial charge on any atom is 0.189 e. The van der Waals surface area contributed by atoms with E-state index in [9.17, 15) is 9.32 Å². The molecule has 3 nitrogen and oxygen atoms in total. The van der Waals surface area contributed by atoms with Crippen LogP contribution in [0.15, 0.2) is 17.0 Å². The van der Waals surface area contributed by atoms with Crippen LogP contribution in [-0.2, 0) is 15.3 Å². The molecule has 1 aromatic carbocycles. The van der Waals surface area contributed by atoms with Gasteiger partial charge in [-0.2, -0.15) is 0 Å². The van der Waals surface area contributed by atoms with Gasteiger partial charge >= 0.3 is 0 Å². The normalized spacial score (nSPS) is 12.8. The largest absolute Gasteiger partial charge is 0.508 e. The number of phenols is 1. The Kier molecular flexibility index (Phi) is 3.06. The second-order valence-corrected chi connectivity index (χ2v) is 4.05. The van der Waals surface area contributed by atoms with Crippen molar-refractivity contribution < 1.29 is 13.5 Å². The number of benzene rings is 1. The molecule has 0 spiro atoms. The topological polar surface area (TPSA) is 46.5 Å². The Morgan fingerprint density at radius 1 is 1.31 bits per heavy atom. The van der Waals surface area contributed by atoms with Gasteiger partial charge in [-0.25, -0.2) is 4.21 Å². The highest BCUT2D eigenvalue weighted by atomic mass is 32.2. The highest BCUT2D eigenvalue weighted by Gasteiger charge is 2.09. The molecule has 0 aromatic heterocycles. The molecule has 0 aliphatic carbocycles. The van der Waals surface area contributed by atoms with E-state index in [1.54, 1.807) is 13.0 Å². The highest BCUT2D eigenvalue weighted by molar-refractivity contribution is 7.80. The molecule has 4 heteroatoms. The summed E-state index contributed by atoms with van der Waals surface area (Å²) in [6.45, 7) is 3.63. The van der Waals surface area contributed by atoms with E-state index >= 15 is 0 Å². The van der Waals surface area contributed by atoms with Crippen LogP contribution in [0.1, 0.15) is 11.1 Å². The fraction of sp³-hybridized carbons (Fsp3) is 0.333. The third-order valence-corrected chi connectivity index (χ3v) is 2.93. The lowest BCUT2D eigenvalue weighted by atomic mass is 10.1. The van der Waals surface area contributed by atoms with E-state index in [0.29, 0.717) is 4.90 Å². The maximum absolute atomic E-state index is 11.3. The average Bonchev–Trinajstić information content (AvgIpc) is 2.10. The molecule has 13 heavy (non-hydrogen) atoms.